The summed E-state index contributed by atoms with van der Waals surface area (Å²) in [5, 5.41) is 4.15. The van der Waals surface area contributed by atoms with E-state index in [1.54, 1.807) is 4.90 Å². The molecule has 0 unspecified atom stereocenters. The predicted molar refractivity (Wildman–Crippen MR) is 122 cm³/mol. The minimum absolute atomic E-state index is 0.174. The monoisotopic (exact) mass is 430 g/mol. The van der Waals surface area contributed by atoms with Gasteiger partial charge in [0.25, 0.3) is 5.91 Å². The lowest BCUT2D eigenvalue weighted by atomic mass is 9.93. The van der Waals surface area contributed by atoms with Gasteiger partial charge in [0.1, 0.15) is 5.76 Å². The van der Waals surface area contributed by atoms with Crippen LogP contribution in [0.15, 0.2) is 70.2 Å². The molecule has 3 N–H and O–H groups in total. The molecule has 1 heterocycles. The van der Waals surface area contributed by atoms with Crippen molar-refractivity contribution in [2.75, 3.05) is 0 Å². The standard InChI is InChI=1S/C25H26N4O3/c1-17-22-20(27-28-25(26)31)13-8-14-21(22)32-23(17)24(30)29(15-18-9-4-2-5-10-18)16-19-11-6-3-7-12-19/h2-7,9-12H,8,13-16H2,1H3,(H3,26,28,31)/b27-20+. The Morgan fingerprint density at radius 1 is 1.00 bits per heavy atom. The number of nitrogens with one attached hydrogen (secondary N) is 1. The Morgan fingerprint density at radius 2 is 1.59 bits per heavy atom. The number of fused-ring (bicyclic) bond motifs is 1. The van der Waals surface area contributed by atoms with Crippen molar-refractivity contribution in [2.45, 2.75) is 39.3 Å². The summed E-state index contributed by atoms with van der Waals surface area (Å²) < 4.78 is 6.08. The maximum atomic E-state index is 13.7. The van der Waals surface area contributed by atoms with E-state index >= 15 is 0 Å². The van der Waals surface area contributed by atoms with E-state index in [1.165, 1.54) is 0 Å². The van der Waals surface area contributed by atoms with Gasteiger partial charge in [0.2, 0.25) is 0 Å². The minimum Gasteiger partial charge on any atom is -0.455 e. The average Bonchev–Trinajstić information content (AvgIpc) is 3.15. The smallest absolute Gasteiger partial charge is 0.332 e. The van der Waals surface area contributed by atoms with Crippen LogP contribution >= 0.6 is 0 Å². The number of aryl methyl sites for hydroxylation is 1. The fourth-order valence-electron chi connectivity index (χ4n) is 4.06. The second kappa shape index (κ2) is 9.51. The molecule has 3 amide bonds. The number of carbonyl (C=O) groups is 2. The molecule has 0 saturated carbocycles. The number of hydrogen-bond donors (Lipinski definition) is 2. The molecule has 0 radical (unpaired) electrons. The summed E-state index contributed by atoms with van der Waals surface area (Å²) in [7, 11) is 0. The number of furan rings is 1. The predicted octanol–water partition coefficient (Wildman–Crippen LogP) is 4.14. The summed E-state index contributed by atoms with van der Waals surface area (Å²) in [6, 6.07) is 19.1. The average molecular weight is 431 g/mol. The van der Waals surface area contributed by atoms with Crippen molar-refractivity contribution in [1.29, 1.82) is 0 Å². The Kier molecular flexibility index (Phi) is 6.35. The molecule has 0 atom stereocenters. The van der Waals surface area contributed by atoms with Crippen molar-refractivity contribution in [2.24, 2.45) is 10.8 Å². The molecule has 0 saturated heterocycles. The highest BCUT2D eigenvalue weighted by Gasteiger charge is 2.30. The molecule has 1 aliphatic carbocycles. The number of amides is 3. The quantitative estimate of drug-likeness (QED) is 0.575. The van der Waals surface area contributed by atoms with E-state index in [0.717, 1.165) is 40.9 Å². The highest BCUT2D eigenvalue weighted by atomic mass is 16.4. The Bertz CT molecular complexity index is 1100. The van der Waals surface area contributed by atoms with Crippen LogP contribution in [0.1, 0.15) is 51.4 Å². The van der Waals surface area contributed by atoms with Gasteiger partial charge in [-0.1, -0.05) is 60.7 Å². The third-order valence-corrected chi connectivity index (χ3v) is 5.54. The van der Waals surface area contributed by atoms with E-state index < -0.39 is 6.03 Å². The summed E-state index contributed by atoms with van der Waals surface area (Å²) in [6.45, 7) is 2.79. The Morgan fingerprint density at radius 3 is 2.16 bits per heavy atom. The lowest BCUT2D eigenvalue weighted by molar-refractivity contribution is 0.0694. The number of nitrogens with zero attached hydrogens (tertiary/aromatic N) is 2. The van der Waals surface area contributed by atoms with Crippen molar-refractivity contribution in [3.8, 4) is 0 Å². The Balaban J connectivity index is 1.67. The molecule has 0 spiro atoms. The van der Waals surface area contributed by atoms with Gasteiger partial charge in [0, 0.05) is 30.6 Å². The second-order valence-electron chi connectivity index (χ2n) is 7.87. The molecule has 32 heavy (non-hydrogen) atoms. The molecule has 2 aromatic carbocycles. The highest BCUT2D eigenvalue weighted by molar-refractivity contribution is 6.06. The van der Waals surface area contributed by atoms with Gasteiger partial charge in [-0.2, -0.15) is 5.10 Å². The Labute approximate surface area is 186 Å². The van der Waals surface area contributed by atoms with Gasteiger partial charge in [-0.05, 0) is 30.9 Å². The number of carbonyl (C=O) groups excluding carboxylic acids is 2. The first-order valence-corrected chi connectivity index (χ1v) is 10.6. The molecule has 3 aromatic rings. The Hall–Kier alpha value is -3.87. The van der Waals surface area contributed by atoms with E-state index in [4.69, 9.17) is 10.2 Å². The first-order chi connectivity index (χ1) is 15.5. The summed E-state index contributed by atoms with van der Waals surface area (Å²) in [4.78, 5) is 26.6. The number of nitrogens with two attached hydrogens (primary N) is 1. The fraction of sp³-hybridized carbons (Fsp3) is 0.240. The van der Waals surface area contributed by atoms with Crippen LogP contribution in [0.4, 0.5) is 4.79 Å². The number of hydrazone groups is 1. The summed E-state index contributed by atoms with van der Waals surface area (Å²) >= 11 is 0. The third-order valence-electron chi connectivity index (χ3n) is 5.54. The molecular weight excluding hydrogens is 404 g/mol. The first kappa shape index (κ1) is 21.4. The second-order valence-corrected chi connectivity index (χ2v) is 7.87. The SMILES string of the molecule is Cc1c(C(=O)N(Cc2ccccc2)Cc2ccccc2)oc2c1/C(=N/NC(N)=O)CCC2. The summed E-state index contributed by atoms with van der Waals surface area (Å²) in [6.07, 6.45) is 2.22. The number of benzene rings is 2. The van der Waals surface area contributed by atoms with Gasteiger partial charge in [-0.15, -0.1) is 0 Å². The van der Waals surface area contributed by atoms with Crippen LogP contribution < -0.4 is 11.2 Å². The maximum Gasteiger partial charge on any atom is 0.332 e. The minimum atomic E-state index is -0.723. The normalized spacial score (nSPS) is 14.1. The molecule has 0 aliphatic heterocycles. The van der Waals surface area contributed by atoms with E-state index in [9.17, 15) is 9.59 Å². The third kappa shape index (κ3) is 4.72. The molecule has 7 nitrogen and oxygen atoms in total. The number of hydrogen-bond acceptors (Lipinski definition) is 4. The van der Waals surface area contributed by atoms with E-state index in [2.05, 4.69) is 10.5 Å². The zero-order valence-corrected chi connectivity index (χ0v) is 18.0. The van der Waals surface area contributed by atoms with E-state index in [1.807, 2.05) is 67.6 Å². The lowest BCUT2D eigenvalue weighted by Gasteiger charge is -2.22. The molecule has 0 bridgehead atoms. The van der Waals surface area contributed by atoms with Crippen LogP contribution in [-0.2, 0) is 19.5 Å². The molecular formula is C25H26N4O3. The van der Waals surface area contributed by atoms with Crippen molar-refractivity contribution in [3.05, 3.63) is 94.4 Å². The molecule has 1 aromatic heterocycles. The van der Waals surface area contributed by atoms with Crippen molar-refractivity contribution < 1.29 is 14.0 Å². The molecule has 7 heteroatoms. The van der Waals surface area contributed by atoms with Crippen LogP contribution in [0.5, 0.6) is 0 Å². The summed E-state index contributed by atoms with van der Waals surface area (Å²) in [5.74, 6) is 0.865. The molecule has 4 rings (SSSR count). The number of urea groups is 1. The van der Waals surface area contributed by atoms with Gasteiger partial charge in [-0.25, -0.2) is 10.2 Å². The topological polar surface area (TPSA) is 101 Å². The zero-order chi connectivity index (χ0) is 22.5. The van der Waals surface area contributed by atoms with Crippen LogP contribution in [0.3, 0.4) is 0 Å². The van der Waals surface area contributed by atoms with Crippen molar-refractivity contribution >= 4 is 17.6 Å². The first-order valence-electron chi connectivity index (χ1n) is 10.6. The maximum absolute atomic E-state index is 13.7. The van der Waals surface area contributed by atoms with Gasteiger partial charge in [-0.3, -0.25) is 4.79 Å². The van der Waals surface area contributed by atoms with Crippen LogP contribution in [0, 0.1) is 6.92 Å². The van der Waals surface area contributed by atoms with Gasteiger partial charge in [0.05, 0.1) is 5.71 Å². The molecule has 164 valence electrons. The summed E-state index contributed by atoms with van der Waals surface area (Å²) in [5.41, 5.74) is 11.8. The lowest BCUT2D eigenvalue weighted by Crippen LogP contribution is -2.30. The van der Waals surface area contributed by atoms with Gasteiger partial charge >= 0.3 is 6.03 Å². The fourth-order valence-corrected chi connectivity index (χ4v) is 4.06. The van der Waals surface area contributed by atoms with Crippen LogP contribution in [0.2, 0.25) is 0 Å². The highest BCUT2D eigenvalue weighted by Crippen LogP contribution is 2.31. The van der Waals surface area contributed by atoms with Gasteiger partial charge < -0.3 is 15.1 Å². The number of primary amides is 1. The van der Waals surface area contributed by atoms with Gasteiger partial charge in [0.15, 0.2) is 5.76 Å². The van der Waals surface area contributed by atoms with Crippen molar-refractivity contribution in [3.63, 3.8) is 0 Å². The molecule has 1 aliphatic rings. The van der Waals surface area contributed by atoms with E-state index in [0.29, 0.717) is 31.0 Å². The van der Waals surface area contributed by atoms with Crippen LogP contribution in [0.25, 0.3) is 0 Å². The number of rotatable bonds is 6. The van der Waals surface area contributed by atoms with Crippen LogP contribution in [-0.4, -0.2) is 22.5 Å². The zero-order valence-electron chi connectivity index (χ0n) is 18.0. The molecule has 0 fully saturated rings. The van der Waals surface area contributed by atoms with Crippen molar-refractivity contribution in [1.82, 2.24) is 10.3 Å². The van der Waals surface area contributed by atoms with E-state index in [-0.39, 0.29) is 5.91 Å². The largest absolute Gasteiger partial charge is 0.455 e.